The van der Waals surface area contributed by atoms with Crippen LogP contribution in [0, 0.1) is 5.82 Å². The summed E-state index contributed by atoms with van der Waals surface area (Å²) in [4.78, 5) is 15.9. The van der Waals surface area contributed by atoms with Crippen molar-refractivity contribution in [2.24, 2.45) is 0 Å². The molecule has 0 radical (unpaired) electrons. The molecule has 21 heavy (non-hydrogen) atoms. The average Bonchev–Trinajstić information content (AvgIpc) is 2.47. The summed E-state index contributed by atoms with van der Waals surface area (Å²) in [6.07, 6.45) is 1.37. The largest absolute Gasteiger partial charge is 0.301 e. The first-order chi connectivity index (χ1) is 10.1. The van der Waals surface area contributed by atoms with Gasteiger partial charge in [-0.15, -0.1) is 0 Å². The Bertz CT molecular complexity index is 878. The molecular formula is C15H9Cl2FN2O. The average molecular weight is 323 g/mol. The first kappa shape index (κ1) is 14.0. The molecule has 6 heteroatoms. The van der Waals surface area contributed by atoms with Crippen molar-refractivity contribution in [2.75, 3.05) is 0 Å². The minimum Gasteiger partial charge on any atom is -0.301 e. The van der Waals surface area contributed by atoms with Gasteiger partial charge in [0.25, 0.3) is 5.56 Å². The highest BCUT2D eigenvalue weighted by Gasteiger charge is 2.15. The molecule has 0 fully saturated rings. The van der Waals surface area contributed by atoms with Gasteiger partial charge in [0.15, 0.2) is 11.0 Å². The quantitative estimate of drug-likeness (QED) is 0.671. The highest BCUT2D eigenvalue weighted by Crippen LogP contribution is 2.26. The van der Waals surface area contributed by atoms with Crippen molar-refractivity contribution < 1.29 is 4.39 Å². The van der Waals surface area contributed by atoms with Crippen LogP contribution in [0.2, 0.25) is 10.2 Å². The summed E-state index contributed by atoms with van der Waals surface area (Å²) in [7, 11) is 0. The first-order valence-electron chi connectivity index (χ1n) is 6.15. The molecular weight excluding hydrogens is 314 g/mol. The molecule has 1 aromatic carbocycles. The standard InChI is InChI=1S/C15H9Cl2FN2O/c16-11-6-12(21)20(8-9-4-2-1-3-5-9)14-10(11)7-19-15(17)13(14)18/h1-7H,8H2. The summed E-state index contributed by atoms with van der Waals surface area (Å²) >= 11 is 11.7. The number of pyridine rings is 2. The molecule has 0 spiro atoms. The maximum absolute atomic E-state index is 14.3. The number of halogens is 3. The van der Waals surface area contributed by atoms with Crippen molar-refractivity contribution in [2.45, 2.75) is 6.54 Å². The van der Waals surface area contributed by atoms with Crippen LogP contribution in [-0.4, -0.2) is 9.55 Å². The van der Waals surface area contributed by atoms with Gasteiger partial charge in [-0.3, -0.25) is 4.79 Å². The number of rotatable bonds is 2. The normalized spacial score (nSPS) is 11.0. The van der Waals surface area contributed by atoms with Crippen LogP contribution in [0.4, 0.5) is 4.39 Å². The zero-order chi connectivity index (χ0) is 15.0. The third-order valence-corrected chi connectivity index (χ3v) is 3.75. The predicted octanol–water partition coefficient (Wildman–Crippen LogP) is 3.89. The predicted molar refractivity (Wildman–Crippen MR) is 81.5 cm³/mol. The lowest BCUT2D eigenvalue weighted by molar-refractivity contribution is 0.619. The summed E-state index contributed by atoms with van der Waals surface area (Å²) in [5.74, 6) is -0.746. The number of hydrogen-bond acceptors (Lipinski definition) is 2. The van der Waals surface area contributed by atoms with Gasteiger partial charge in [-0.2, -0.15) is 0 Å². The lowest BCUT2D eigenvalue weighted by atomic mass is 10.2. The molecule has 0 aliphatic heterocycles. The molecule has 0 bridgehead atoms. The molecule has 3 nitrogen and oxygen atoms in total. The Morgan fingerprint density at radius 3 is 2.62 bits per heavy atom. The Kier molecular flexibility index (Phi) is 3.66. The molecule has 106 valence electrons. The van der Waals surface area contributed by atoms with Crippen molar-refractivity contribution in [1.29, 1.82) is 0 Å². The second kappa shape index (κ2) is 5.47. The van der Waals surface area contributed by atoms with Crippen LogP contribution in [0.15, 0.2) is 47.4 Å². The zero-order valence-electron chi connectivity index (χ0n) is 10.7. The molecule has 2 heterocycles. The minimum atomic E-state index is -0.746. The number of fused-ring (bicyclic) bond motifs is 1. The highest BCUT2D eigenvalue weighted by atomic mass is 35.5. The van der Waals surface area contributed by atoms with Gasteiger partial charge in [0.1, 0.15) is 0 Å². The molecule has 3 aromatic rings. The monoisotopic (exact) mass is 322 g/mol. The van der Waals surface area contributed by atoms with Crippen LogP contribution >= 0.6 is 23.2 Å². The van der Waals surface area contributed by atoms with Gasteiger partial charge in [0, 0.05) is 17.6 Å². The van der Waals surface area contributed by atoms with Crippen molar-refractivity contribution >= 4 is 34.1 Å². The third kappa shape index (κ3) is 2.52. The van der Waals surface area contributed by atoms with Gasteiger partial charge >= 0.3 is 0 Å². The van der Waals surface area contributed by atoms with E-state index in [2.05, 4.69) is 4.98 Å². The smallest absolute Gasteiger partial charge is 0.252 e. The number of hydrogen-bond donors (Lipinski definition) is 0. The van der Waals surface area contributed by atoms with E-state index >= 15 is 0 Å². The molecule has 0 N–H and O–H groups in total. The molecule has 0 atom stereocenters. The molecule has 0 saturated carbocycles. The summed E-state index contributed by atoms with van der Waals surface area (Å²) in [5.41, 5.74) is 0.546. The van der Waals surface area contributed by atoms with E-state index < -0.39 is 11.4 Å². The molecule has 0 aliphatic rings. The van der Waals surface area contributed by atoms with E-state index in [0.717, 1.165) is 5.56 Å². The molecule has 0 unspecified atom stereocenters. The fraction of sp³-hybridized carbons (Fsp3) is 0.0667. The molecule has 2 aromatic heterocycles. The maximum Gasteiger partial charge on any atom is 0.252 e. The van der Waals surface area contributed by atoms with Crippen molar-refractivity contribution in [3.63, 3.8) is 0 Å². The number of aromatic nitrogens is 2. The SMILES string of the molecule is O=c1cc(Cl)c2cnc(Cl)c(F)c2n1Cc1ccccc1. The van der Waals surface area contributed by atoms with Gasteiger partial charge < -0.3 is 4.57 Å². The second-order valence-electron chi connectivity index (χ2n) is 4.53. The minimum absolute atomic E-state index is 0.0661. The fourth-order valence-corrected chi connectivity index (χ4v) is 2.56. The molecule has 0 aliphatic carbocycles. The number of nitrogens with zero attached hydrogens (tertiary/aromatic N) is 2. The van der Waals surface area contributed by atoms with Crippen molar-refractivity contribution in [3.8, 4) is 0 Å². The van der Waals surface area contributed by atoms with E-state index in [9.17, 15) is 9.18 Å². The van der Waals surface area contributed by atoms with E-state index in [-0.39, 0.29) is 22.2 Å². The van der Waals surface area contributed by atoms with Crippen LogP contribution in [-0.2, 0) is 6.54 Å². The van der Waals surface area contributed by atoms with Crippen LogP contribution in [0.5, 0.6) is 0 Å². The van der Waals surface area contributed by atoms with E-state index in [4.69, 9.17) is 23.2 Å². The lowest BCUT2D eigenvalue weighted by Crippen LogP contribution is -2.21. The Labute approximate surface area is 129 Å². The summed E-state index contributed by atoms with van der Waals surface area (Å²) < 4.78 is 15.6. The summed E-state index contributed by atoms with van der Waals surface area (Å²) in [6.45, 7) is 0.227. The van der Waals surface area contributed by atoms with Crippen molar-refractivity contribution in [3.05, 3.63) is 74.5 Å². The van der Waals surface area contributed by atoms with Gasteiger partial charge in [0.05, 0.1) is 17.1 Å². The van der Waals surface area contributed by atoms with Crippen LogP contribution in [0.3, 0.4) is 0 Å². The Balaban J connectivity index is 2.31. The maximum atomic E-state index is 14.3. The van der Waals surface area contributed by atoms with Crippen LogP contribution in [0.1, 0.15) is 5.56 Å². The second-order valence-corrected chi connectivity index (χ2v) is 5.29. The molecule has 0 amide bonds. The molecule has 3 rings (SSSR count). The van der Waals surface area contributed by atoms with Gasteiger partial charge in [-0.25, -0.2) is 9.37 Å². The van der Waals surface area contributed by atoms with Gasteiger partial charge in [0.2, 0.25) is 0 Å². The molecule has 0 saturated heterocycles. The topological polar surface area (TPSA) is 34.9 Å². The van der Waals surface area contributed by atoms with Crippen LogP contribution in [0.25, 0.3) is 10.9 Å². The lowest BCUT2D eigenvalue weighted by Gasteiger charge is -2.12. The number of benzene rings is 1. The van der Waals surface area contributed by atoms with Gasteiger partial charge in [-0.05, 0) is 5.56 Å². The highest BCUT2D eigenvalue weighted by molar-refractivity contribution is 6.35. The van der Waals surface area contributed by atoms with E-state index in [1.165, 1.54) is 16.8 Å². The van der Waals surface area contributed by atoms with Crippen molar-refractivity contribution in [1.82, 2.24) is 9.55 Å². The Morgan fingerprint density at radius 2 is 1.90 bits per heavy atom. The fourth-order valence-electron chi connectivity index (χ4n) is 2.19. The zero-order valence-corrected chi connectivity index (χ0v) is 12.2. The van der Waals surface area contributed by atoms with E-state index in [1.54, 1.807) is 0 Å². The van der Waals surface area contributed by atoms with Gasteiger partial charge in [-0.1, -0.05) is 53.5 Å². The van der Waals surface area contributed by atoms with E-state index in [1.807, 2.05) is 30.3 Å². The van der Waals surface area contributed by atoms with E-state index in [0.29, 0.717) is 5.39 Å². The summed E-state index contributed by atoms with van der Waals surface area (Å²) in [5, 5.41) is 0.224. The third-order valence-electron chi connectivity index (χ3n) is 3.18. The first-order valence-corrected chi connectivity index (χ1v) is 6.90. The Hall–Kier alpha value is -1.91. The van der Waals surface area contributed by atoms with Crippen LogP contribution < -0.4 is 5.56 Å². The summed E-state index contributed by atoms with van der Waals surface area (Å²) in [6, 6.07) is 10.5. The Morgan fingerprint density at radius 1 is 1.19 bits per heavy atom.